The molecular formula is C16H22N2O2S. The molecular weight excluding hydrogens is 284 g/mol. The zero-order chi connectivity index (χ0) is 15.1. The predicted octanol–water partition coefficient (Wildman–Crippen LogP) is 2.51. The molecule has 0 bridgehead atoms. The van der Waals surface area contributed by atoms with Crippen LogP contribution in [0.5, 0.6) is 5.75 Å². The second kappa shape index (κ2) is 7.98. The van der Waals surface area contributed by atoms with Gasteiger partial charge in [-0.15, -0.1) is 0 Å². The molecule has 1 saturated heterocycles. The van der Waals surface area contributed by atoms with E-state index in [2.05, 4.69) is 10.2 Å². The molecule has 0 radical (unpaired) electrons. The SMILES string of the molecule is COc1ccc(CC(=O)NC(=S)N2CCCCCC2)cc1. The minimum absolute atomic E-state index is 0.0607. The smallest absolute Gasteiger partial charge is 0.230 e. The molecule has 1 aliphatic rings. The predicted molar refractivity (Wildman–Crippen MR) is 87.5 cm³/mol. The van der Waals surface area contributed by atoms with Crippen molar-refractivity contribution in [2.75, 3.05) is 20.2 Å². The molecule has 2 rings (SSSR count). The van der Waals surface area contributed by atoms with Gasteiger partial charge >= 0.3 is 0 Å². The highest BCUT2D eigenvalue weighted by Gasteiger charge is 2.14. The number of amides is 1. The molecule has 1 aromatic carbocycles. The molecule has 1 N–H and O–H groups in total. The third kappa shape index (κ3) is 5.01. The van der Waals surface area contributed by atoms with Crippen LogP contribution in [0.4, 0.5) is 0 Å². The van der Waals surface area contributed by atoms with E-state index < -0.39 is 0 Å². The number of nitrogens with zero attached hydrogens (tertiary/aromatic N) is 1. The summed E-state index contributed by atoms with van der Waals surface area (Å²) in [5, 5.41) is 3.41. The Morgan fingerprint density at radius 3 is 2.38 bits per heavy atom. The fraction of sp³-hybridized carbons (Fsp3) is 0.500. The molecule has 1 aromatic rings. The summed E-state index contributed by atoms with van der Waals surface area (Å²) in [5.74, 6) is 0.730. The number of nitrogens with one attached hydrogen (secondary N) is 1. The number of ether oxygens (including phenoxy) is 1. The molecule has 21 heavy (non-hydrogen) atoms. The van der Waals surface area contributed by atoms with Crippen LogP contribution in [0, 0.1) is 0 Å². The van der Waals surface area contributed by atoms with E-state index in [1.165, 1.54) is 12.8 Å². The van der Waals surface area contributed by atoms with Gasteiger partial charge < -0.3 is 15.0 Å². The van der Waals surface area contributed by atoms with Crippen LogP contribution >= 0.6 is 12.2 Å². The molecule has 1 aliphatic heterocycles. The number of benzene rings is 1. The summed E-state index contributed by atoms with van der Waals surface area (Å²) in [5.41, 5.74) is 0.951. The van der Waals surface area contributed by atoms with Gasteiger partial charge in [0.1, 0.15) is 5.75 Å². The maximum Gasteiger partial charge on any atom is 0.230 e. The van der Waals surface area contributed by atoms with Crippen molar-refractivity contribution in [3.8, 4) is 5.75 Å². The lowest BCUT2D eigenvalue weighted by Gasteiger charge is -2.23. The van der Waals surface area contributed by atoms with Crippen molar-refractivity contribution in [1.82, 2.24) is 10.2 Å². The third-order valence-corrected chi connectivity index (χ3v) is 4.02. The van der Waals surface area contributed by atoms with Crippen LogP contribution in [0.2, 0.25) is 0 Å². The Bertz CT molecular complexity index is 480. The number of hydrogen-bond acceptors (Lipinski definition) is 3. The molecule has 0 saturated carbocycles. The van der Waals surface area contributed by atoms with E-state index in [1.54, 1.807) is 7.11 Å². The minimum atomic E-state index is -0.0607. The van der Waals surface area contributed by atoms with Gasteiger partial charge in [-0.1, -0.05) is 25.0 Å². The first-order valence-electron chi connectivity index (χ1n) is 7.41. The minimum Gasteiger partial charge on any atom is -0.497 e. The Labute approximate surface area is 131 Å². The van der Waals surface area contributed by atoms with Gasteiger partial charge in [0.15, 0.2) is 5.11 Å². The summed E-state index contributed by atoms with van der Waals surface area (Å²) < 4.78 is 5.10. The Morgan fingerprint density at radius 1 is 1.19 bits per heavy atom. The monoisotopic (exact) mass is 306 g/mol. The molecule has 1 heterocycles. The number of hydrogen-bond donors (Lipinski definition) is 1. The number of thiocarbonyl (C=S) groups is 1. The van der Waals surface area contributed by atoms with E-state index in [9.17, 15) is 4.79 Å². The second-order valence-corrected chi connectivity index (χ2v) is 5.67. The lowest BCUT2D eigenvalue weighted by molar-refractivity contribution is -0.119. The van der Waals surface area contributed by atoms with E-state index in [4.69, 9.17) is 17.0 Å². The van der Waals surface area contributed by atoms with Crippen LogP contribution in [-0.2, 0) is 11.2 Å². The third-order valence-electron chi connectivity index (χ3n) is 3.66. The fourth-order valence-electron chi connectivity index (χ4n) is 2.45. The summed E-state index contributed by atoms with van der Waals surface area (Å²) in [4.78, 5) is 14.2. The van der Waals surface area contributed by atoms with Crippen molar-refractivity contribution < 1.29 is 9.53 Å². The van der Waals surface area contributed by atoms with Gasteiger partial charge in [0, 0.05) is 13.1 Å². The highest BCUT2D eigenvalue weighted by atomic mass is 32.1. The van der Waals surface area contributed by atoms with E-state index in [-0.39, 0.29) is 5.91 Å². The molecule has 0 aromatic heterocycles. The summed E-state index contributed by atoms with van der Waals surface area (Å²) in [6, 6.07) is 7.51. The lowest BCUT2D eigenvalue weighted by Crippen LogP contribution is -2.43. The summed E-state index contributed by atoms with van der Waals surface area (Å²) in [6.45, 7) is 1.89. The van der Waals surface area contributed by atoms with Crippen LogP contribution in [0.3, 0.4) is 0 Å². The van der Waals surface area contributed by atoms with E-state index in [0.717, 1.165) is 37.2 Å². The largest absolute Gasteiger partial charge is 0.497 e. The number of carbonyl (C=O) groups excluding carboxylic acids is 1. The van der Waals surface area contributed by atoms with Crippen LogP contribution < -0.4 is 10.1 Å². The highest BCUT2D eigenvalue weighted by Crippen LogP contribution is 2.12. The topological polar surface area (TPSA) is 41.6 Å². The number of carbonyl (C=O) groups is 1. The van der Waals surface area contributed by atoms with E-state index >= 15 is 0 Å². The van der Waals surface area contributed by atoms with E-state index in [1.807, 2.05) is 24.3 Å². The molecule has 4 nitrogen and oxygen atoms in total. The average Bonchev–Trinajstić information content (AvgIpc) is 2.77. The zero-order valence-electron chi connectivity index (χ0n) is 12.4. The highest BCUT2D eigenvalue weighted by molar-refractivity contribution is 7.80. The van der Waals surface area contributed by atoms with Crippen LogP contribution in [0.15, 0.2) is 24.3 Å². The quantitative estimate of drug-likeness (QED) is 0.871. The molecule has 5 heteroatoms. The Hall–Kier alpha value is -1.62. The summed E-state index contributed by atoms with van der Waals surface area (Å²) in [6.07, 6.45) is 5.12. The first kappa shape index (κ1) is 15.8. The fourth-order valence-corrected chi connectivity index (χ4v) is 2.74. The van der Waals surface area contributed by atoms with Crippen molar-refractivity contribution >= 4 is 23.2 Å². The maximum absolute atomic E-state index is 12.0. The maximum atomic E-state index is 12.0. The Morgan fingerprint density at radius 2 is 1.81 bits per heavy atom. The van der Waals surface area contributed by atoms with Crippen LogP contribution in [-0.4, -0.2) is 36.1 Å². The standard InChI is InChI=1S/C16H22N2O2S/c1-20-14-8-6-13(7-9-14)12-15(19)17-16(21)18-10-4-2-3-5-11-18/h6-9H,2-5,10-12H2,1H3,(H,17,19,21). The van der Waals surface area contributed by atoms with Gasteiger partial charge in [-0.2, -0.15) is 0 Å². The van der Waals surface area contributed by atoms with Crippen molar-refractivity contribution in [3.63, 3.8) is 0 Å². The molecule has 0 spiro atoms. The van der Waals surface area contributed by atoms with Crippen LogP contribution in [0.25, 0.3) is 0 Å². The zero-order valence-corrected chi connectivity index (χ0v) is 13.2. The second-order valence-electron chi connectivity index (χ2n) is 5.28. The molecule has 1 fully saturated rings. The normalized spacial score (nSPS) is 15.2. The van der Waals surface area contributed by atoms with Gasteiger partial charge in [-0.25, -0.2) is 0 Å². The molecule has 0 atom stereocenters. The molecule has 0 unspecified atom stereocenters. The van der Waals surface area contributed by atoms with E-state index in [0.29, 0.717) is 11.5 Å². The van der Waals surface area contributed by atoms with Gasteiger partial charge in [0.25, 0.3) is 0 Å². The van der Waals surface area contributed by atoms with Crippen molar-refractivity contribution in [2.24, 2.45) is 0 Å². The molecule has 0 aliphatic carbocycles. The van der Waals surface area contributed by atoms with Gasteiger partial charge in [0.2, 0.25) is 5.91 Å². The molecule has 1 amide bonds. The summed E-state index contributed by atoms with van der Waals surface area (Å²) in [7, 11) is 1.63. The molecule has 114 valence electrons. The van der Waals surface area contributed by atoms with Crippen molar-refractivity contribution in [2.45, 2.75) is 32.1 Å². The Kier molecular flexibility index (Phi) is 5.99. The average molecular weight is 306 g/mol. The summed E-state index contributed by atoms with van der Waals surface area (Å²) >= 11 is 5.34. The number of rotatable bonds is 3. The van der Waals surface area contributed by atoms with Crippen LogP contribution in [0.1, 0.15) is 31.2 Å². The first-order valence-corrected chi connectivity index (χ1v) is 7.81. The first-order chi connectivity index (χ1) is 10.2. The number of methoxy groups -OCH3 is 1. The lowest BCUT2D eigenvalue weighted by atomic mass is 10.1. The van der Waals surface area contributed by atoms with Gasteiger partial charge in [-0.05, 0) is 42.8 Å². The Balaban J connectivity index is 1.83. The van der Waals surface area contributed by atoms with Gasteiger partial charge in [-0.3, -0.25) is 4.79 Å². The van der Waals surface area contributed by atoms with Gasteiger partial charge in [0.05, 0.1) is 13.5 Å². The van der Waals surface area contributed by atoms with Crippen molar-refractivity contribution in [1.29, 1.82) is 0 Å². The van der Waals surface area contributed by atoms with Crippen molar-refractivity contribution in [3.05, 3.63) is 29.8 Å². The number of likely N-dealkylation sites (tertiary alicyclic amines) is 1.